The van der Waals surface area contributed by atoms with E-state index in [0.717, 1.165) is 48.8 Å². The zero-order valence-electron chi connectivity index (χ0n) is 14.7. The van der Waals surface area contributed by atoms with Gasteiger partial charge in [0, 0.05) is 36.0 Å². The summed E-state index contributed by atoms with van der Waals surface area (Å²) in [6.45, 7) is 6.06. The zero-order valence-corrected chi connectivity index (χ0v) is 15.5. The Labute approximate surface area is 158 Å². The van der Waals surface area contributed by atoms with Gasteiger partial charge in [0.1, 0.15) is 0 Å². The molecule has 2 aromatic rings. The number of nitro groups is 2. The van der Waals surface area contributed by atoms with E-state index in [4.69, 9.17) is 0 Å². The largest absolute Gasteiger partial charge is 0.298 e. The molecule has 0 aliphatic carbocycles. The Hall–Kier alpha value is -2.92. The number of thiazole rings is 1. The van der Waals surface area contributed by atoms with Crippen LogP contribution in [0.4, 0.5) is 16.5 Å². The minimum Gasteiger partial charge on any atom is -0.298 e. The molecule has 1 aliphatic heterocycles. The number of nitrogens with zero attached hydrogens (tertiary/aromatic N) is 4. The van der Waals surface area contributed by atoms with Crippen LogP contribution in [0.25, 0.3) is 0 Å². The van der Waals surface area contributed by atoms with Crippen molar-refractivity contribution in [1.82, 2.24) is 9.88 Å². The normalized spacial score (nSPS) is 13.9. The highest BCUT2D eigenvalue weighted by Crippen LogP contribution is 2.31. The number of carbonyl (C=O) groups is 1. The molecule has 0 bridgehead atoms. The van der Waals surface area contributed by atoms with Gasteiger partial charge in [-0.25, -0.2) is 4.98 Å². The number of aromatic nitrogens is 1. The van der Waals surface area contributed by atoms with Crippen LogP contribution >= 0.6 is 11.3 Å². The summed E-state index contributed by atoms with van der Waals surface area (Å²) >= 11 is 1.35. The van der Waals surface area contributed by atoms with E-state index in [1.165, 1.54) is 18.3 Å². The number of fused-ring (bicyclic) bond motifs is 1. The van der Waals surface area contributed by atoms with Crippen molar-refractivity contribution in [1.29, 1.82) is 0 Å². The standard InChI is InChI=1S/C16H17N5O5S/c1-3-19-5-4-12-14(8-19)27-16(17-12)18-15(22)11-6-10(20(23)24)7-13(9(11)2)21(25)26/h6-7H,3-5,8H2,1-2H3,(H,17,18,22). The van der Waals surface area contributed by atoms with Crippen molar-refractivity contribution in [3.63, 3.8) is 0 Å². The summed E-state index contributed by atoms with van der Waals surface area (Å²) in [5.41, 5.74) is -0.0802. The van der Waals surface area contributed by atoms with Crippen LogP contribution in [0.5, 0.6) is 0 Å². The minimum absolute atomic E-state index is 0.0709. The van der Waals surface area contributed by atoms with Crippen LogP contribution in [0.15, 0.2) is 12.1 Å². The lowest BCUT2D eigenvalue weighted by atomic mass is 10.0. The highest BCUT2D eigenvalue weighted by Gasteiger charge is 2.26. The molecule has 1 N–H and O–H groups in total. The molecule has 3 rings (SSSR count). The molecule has 0 saturated carbocycles. The van der Waals surface area contributed by atoms with Gasteiger partial charge in [-0.1, -0.05) is 6.92 Å². The van der Waals surface area contributed by atoms with Gasteiger partial charge < -0.3 is 0 Å². The summed E-state index contributed by atoms with van der Waals surface area (Å²) in [4.78, 5) is 41.1. The van der Waals surface area contributed by atoms with Crippen LogP contribution in [-0.2, 0) is 13.0 Å². The molecular formula is C16H17N5O5S. The monoisotopic (exact) mass is 391 g/mol. The molecule has 1 aliphatic rings. The number of rotatable bonds is 5. The number of nitrogens with one attached hydrogen (secondary N) is 1. The highest BCUT2D eigenvalue weighted by molar-refractivity contribution is 7.15. The van der Waals surface area contributed by atoms with Crippen LogP contribution in [0.1, 0.15) is 33.4 Å². The summed E-state index contributed by atoms with van der Waals surface area (Å²) in [5.74, 6) is -0.655. The van der Waals surface area contributed by atoms with E-state index in [9.17, 15) is 25.0 Å². The topological polar surface area (TPSA) is 132 Å². The first kappa shape index (κ1) is 18.9. The Morgan fingerprint density at radius 3 is 2.70 bits per heavy atom. The molecule has 2 heterocycles. The molecule has 10 nitrogen and oxygen atoms in total. The lowest BCUT2D eigenvalue weighted by Crippen LogP contribution is -2.29. The third kappa shape index (κ3) is 3.78. The van der Waals surface area contributed by atoms with Crippen molar-refractivity contribution >= 4 is 33.8 Å². The molecule has 1 aromatic carbocycles. The lowest BCUT2D eigenvalue weighted by Gasteiger charge is -2.23. The average molecular weight is 391 g/mol. The SMILES string of the molecule is CCN1CCc2nc(NC(=O)c3cc([N+](=O)[O-])cc([N+](=O)[O-])c3C)sc2C1. The van der Waals surface area contributed by atoms with Gasteiger partial charge in [0.2, 0.25) is 0 Å². The van der Waals surface area contributed by atoms with Crippen molar-refractivity contribution in [2.75, 3.05) is 18.4 Å². The average Bonchev–Trinajstić information content (AvgIpc) is 3.02. The van der Waals surface area contributed by atoms with Gasteiger partial charge in [-0.05, 0) is 13.5 Å². The van der Waals surface area contributed by atoms with Crippen LogP contribution in [0, 0.1) is 27.2 Å². The summed E-state index contributed by atoms with van der Waals surface area (Å²) in [7, 11) is 0. The van der Waals surface area contributed by atoms with Crippen molar-refractivity contribution in [2.45, 2.75) is 26.8 Å². The van der Waals surface area contributed by atoms with E-state index in [2.05, 4.69) is 22.1 Å². The molecule has 0 radical (unpaired) electrons. The fourth-order valence-corrected chi connectivity index (χ4v) is 4.00. The number of hydrogen-bond donors (Lipinski definition) is 1. The second kappa shape index (κ2) is 7.37. The second-order valence-electron chi connectivity index (χ2n) is 6.11. The minimum atomic E-state index is -0.759. The van der Waals surface area contributed by atoms with E-state index in [1.807, 2.05) is 0 Å². The van der Waals surface area contributed by atoms with Crippen molar-refractivity contribution in [3.05, 3.63) is 54.1 Å². The van der Waals surface area contributed by atoms with Crippen LogP contribution < -0.4 is 5.32 Å². The molecule has 0 saturated heterocycles. The molecule has 11 heteroatoms. The third-order valence-corrected chi connectivity index (χ3v) is 5.49. The number of anilines is 1. The Morgan fingerprint density at radius 2 is 2.07 bits per heavy atom. The maximum Gasteiger partial charge on any atom is 0.279 e. The Bertz CT molecular complexity index is 942. The van der Waals surface area contributed by atoms with Gasteiger partial charge in [-0.3, -0.25) is 35.2 Å². The van der Waals surface area contributed by atoms with E-state index in [-0.39, 0.29) is 11.1 Å². The first-order valence-electron chi connectivity index (χ1n) is 8.25. The number of nitro benzene ring substituents is 2. The molecule has 27 heavy (non-hydrogen) atoms. The van der Waals surface area contributed by atoms with Crippen molar-refractivity contribution in [3.8, 4) is 0 Å². The number of hydrogen-bond acceptors (Lipinski definition) is 8. The zero-order chi connectivity index (χ0) is 19.7. The summed E-state index contributed by atoms with van der Waals surface area (Å²) < 4.78 is 0. The van der Waals surface area contributed by atoms with Crippen molar-refractivity contribution in [2.24, 2.45) is 0 Å². The predicted molar refractivity (Wildman–Crippen MR) is 99.2 cm³/mol. The van der Waals surface area contributed by atoms with E-state index < -0.39 is 27.1 Å². The number of amides is 1. The van der Waals surface area contributed by atoms with Gasteiger partial charge in [-0.15, -0.1) is 11.3 Å². The van der Waals surface area contributed by atoms with Crippen LogP contribution in [-0.4, -0.2) is 38.7 Å². The summed E-state index contributed by atoms with van der Waals surface area (Å²) in [6, 6.07) is 1.90. The summed E-state index contributed by atoms with van der Waals surface area (Å²) in [5, 5.41) is 25.2. The van der Waals surface area contributed by atoms with Gasteiger partial charge in [0.05, 0.1) is 27.2 Å². The molecule has 0 atom stereocenters. The summed E-state index contributed by atoms with van der Waals surface area (Å²) in [6.07, 6.45) is 0.789. The molecule has 0 fully saturated rings. The Kier molecular flexibility index (Phi) is 5.15. The smallest absolute Gasteiger partial charge is 0.279 e. The van der Waals surface area contributed by atoms with Gasteiger partial charge >= 0.3 is 0 Å². The second-order valence-corrected chi connectivity index (χ2v) is 7.20. The van der Waals surface area contributed by atoms with E-state index in [0.29, 0.717) is 5.13 Å². The number of non-ortho nitro benzene ring substituents is 1. The van der Waals surface area contributed by atoms with Gasteiger partial charge in [0.15, 0.2) is 5.13 Å². The quantitative estimate of drug-likeness (QED) is 0.612. The fraction of sp³-hybridized carbons (Fsp3) is 0.375. The number of benzene rings is 1. The predicted octanol–water partition coefficient (Wildman–Crippen LogP) is 2.90. The first-order chi connectivity index (χ1) is 12.8. The van der Waals surface area contributed by atoms with Crippen LogP contribution in [0.3, 0.4) is 0 Å². The molecule has 142 valence electrons. The number of likely N-dealkylation sites (N-methyl/N-ethyl adjacent to an activating group) is 1. The number of carbonyl (C=O) groups excluding carboxylic acids is 1. The third-order valence-electron chi connectivity index (χ3n) is 4.50. The van der Waals surface area contributed by atoms with Gasteiger partial charge in [-0.2, -0.15) is 0 Å². The van der Waals surface area contributed by atoms with E-state index >= 15 is 0 Å². The molecule has 0 unspecified atom stereocenters. The highest BCUT2D eigenvalue weighted by atomic mass is 32.1. The first-order valence-corrected chi connectivity index (χ1v) is 9.07. The lowest BCUT2D eigenvalue weighted by molar-refractivity contribution is -0.394. The Morgan fingerprint density at radius 1 is 1.33 bits per heavy atom. The fourth-order valence-electron chi connectivity index (χ4n) is 2.95. The van der Waals surface area contributed by atoms with Gasteiger partial charge in [0.25, 0.3) is 17.3 Å². The molecule has 1 amide bonds. The maximum absolute atomic E-state index is 12.6. The molecule has 0 spiro atoms. The van der Waals surface area contributed by atoms with E-state index in [1.54, 1.807) is 0 Å². The van der Waals surface area contributed by atoms with Crippen LogP contribution in [0.2, 0.25) is 0 Å². The molecule has 1 aromatic heterocycles. The maximum atomic E-state index is 12.6. The molecular weight excluding hydrogens is 374 g/mol. The van der Waals surface area contributed by atoms with Crippen molar-refractivity contribution < 1.29 is 14.6 Å². The Balaban J connectivity index is 1.90.